The van der Waals surface area contributed by atoms with Gasteiger partial charge in [0.05, 0.1) is 32.3 Å². The van der Waals surface area contributed by atoms with E-state index in [4.69, 9.17) is 4.74 Å². The first-order valence-electron chi connectivity index (χ1n) is 6.64. The molecule has 1 aliphatic rings. The van der Waals surface area contributed by atoms with Crippen molar-refractivity contribution in [1.29, 1.82) is 0 Å². The van der Waals surface area contributed by atoms with Crippen LogP contribution < -0.4 is 10.6 Å². The number of nitro groups is 1. The van der Waals surface area contributed by atoms with E-state index in [1.165, 1.54) is 11.3 Å². The number of nitrogens with zero attached hydrogens (tertiary/aromatic N) is 2. The van der Waals surface area contributed by atoms with E-state index in [-0.39, 0.29) is 22.8 Å². The first kappa shape index (κ1) is 14.2. The number of ether oxygens (including phenoxy) is 1. The van der Waals surface area contributed by atoms with Gasteiger partial charge in [0.15, 0.2) is 0 Å². The normalized spacial score (nSPS) is 21.8. The zero-order chi connectivity index (χ0) is 15.0. The van der Waals surface area contributed by atoms with Gasteiger partial charge in [-0.05, 0) is 13.0 Å². The highest BCUT2D eigenvalue weighted by atomic mass is 32.1. The summed E-state index contributed by atoms with van der Waals surface area (Å²) in [4.78, 5) is 15.3. The molecule has 1 unspecified atom stereocenters. The molecule has 0 radical (unpaired) electrons. The van der Waals surface area contributed by atoms with Crippen LogP contribution in [0.4, 0.5) is 11.4 Å². The second-order valence-electron chi connectivity index (χ2n) is 5.01. The molecule has 0 spiro atoms. The number of methoxy groups -OCH3 is 1. The van der Waals surface area contributed by atoms with Crippen molar-refractivity contribution in [2.75, 3.05) is 25.5 Å². The highest BCUT2D eigenvalue weighted by Crippen LogP contribution is 2.33. The van der Waals surface area contributed by atoms with Crippen LogP contribution in [0.5, 0.6) is 0 Å². The number of nitro benzene ring substituents is 1. The Kier molecular flexibility index (Phi) is 3.75. The van der Waals surface area contributed by atoms with Crippen molar-refractivity contribution >= 4 is 32.9 Å². The van der Waals surface area contributed by atoms with E-state index >= 15 is 0 Å². The van der Waals surface area contributed by atoms with Crippen molar-refractivity contribution in [3.63, 3.8) is 0 Å². The van der Waals surface area contributed by atoms with Crippen LogP contribution in [-0.4, -0.2) is 42.3 Å². The highest BCUT2D eigenvalue weighted by molar-refractivity contribution is 7.18. The van der Waals surface area contributed by atoms with E-state index < -0.39 is 0 Å². The van der Waals surface area contributed by atoms with Crippen LogP contribution in [0, 0.1) is 17.0 Å². The Labute approximate surface area is 125 Å². The molecular weight excluding hydrogens is 292 g/mol. The van der Waals surface area contributed by atoms with Gasteiger partial charge in [0.1, 0.15) is 5.69 Å². The Morgan fingerprint density at radius 1 is 1.52 bits per heavy atom. The molecule has 2 atom stereocenters. The van der Waals surface area contributed by atoms with Gasteiger partial charge < -0.3 is 15.4 Å². The maximum absolute atomic E-state index is 11.3. The number of aryl methyl sites for hydroxylation is 1. The topological polar surface area (TPSA) is 89.3 Å². The summed E-state index contributed by atoms with van der Waals surface area (Å²) in [6.07, 6.45) is -0.00234. The average Bonchev–Trinajstić information content (AvgIpc) is 3.02. The Morgan fingerprint density at radius 2 is 2.33 bits per heavy atom. The van der Waals surface area contributed by atoms with E-state index in [1.807, 2.05) is 6.92 Å². The highest BCUT2D eigenvalue weighted by Gasteiger charge is 2.29. The fraction of sp³-hybridized carbons (Fsp3) is 0.462. The molecule has 2 heterocycles. The Hall–Kier alpha value is -1.77. The summed E-state index contributed by atoms with van der Waals surface area (Å²) < 4.78 is 6.21. The van der Waals surface area contributed by atoms with Gasteiger partial charge in [-0.1, -0.05) is 0 Å². The van der Waals surface area contributed by atoms with Gasteiger partial charge in [-0.25, -0.2) is 4.98 Å². The van der Waals surface area contributed by atoms with Crippen LogP contribution >= 0.6 is 11.3 Å². The Bertz CT molecular complexity index is 687. The van der Waals surface area contributed by atoms with E-state index in [0.717, 1.165) is 21.8 Å². The Morgan fingerprint density at radius 3 is 3.05 bits per heavy atom. The summed E-state index contributed by atoms with van der Waals surface area (Å²) in [6, 6.07) is 3.35. The number of hydrogen-bond donors (Lipinski definition) is 2. The van der Waals surface area contributed by atoms with E-state index in [1.54, 1.807) is 19.2 Å². The number of fused-ring (bicyclic) bond motifs is 1. The zero-order valence-corrected chi connectivity index (χ0v) is 12.6. The lowest BCUT2D eigenvalue weighted by Gasteiger charge is -2.19. The third-order valence-corrected chi connectivity index (χ3v) is 4.55. The standard InChI is InChI=1S/C13H16N4O3S/c1-7-15-9-3-8(11(17(18)19)4-13(9)21-7)16-10-5-14-6-12(10)20-2/h3-4,10,12,14,16H,5-6H2,1-2H3/t10?,12-/m0/s1. The maximum atomic E-state index is 11.3. The van der Waals surface area contributed by atoms with E-state index in [2.05, 4.69) is 15.6 Å². The molecule has 7 nitrogen and oxygen atoms in total. The van der Waals surface area contributed by atoms with Gasteiger partial charge in [0, 0.05) is 26.3 Å². The number of thiazole rings is 1. The van der Waals surface area contributed by atoms with Gasteiger partial charge in [0.2, 0.25) is 0 Å². The predicted octanol–water partition coefficient (Wildman–Crippen LogP) is 1.91. The largest absolute Gasteiger partial charge is 0.378 e. The molecule has 21 heavy (non-hydrogen) atoms. The minimum absolute atomic E-state index is 0.00234. The van der Waals surface area contributed by atoms with Gasteiger partial charge in [0.25, 0.3) is 5.69 Å². The van der Waals surface area contributed by atoms with Crippen molar-refractivity contribution in [3.05, 3.63) is 27.3 Å². The van der Waals surface area contributed by atoms with Gasteiger partial charge in [-0.3, -0.25) is 10.1 Å². The molecular formula is C13H16N4O3S. The molecule has 1 saturated heterocycles. The fourth-order valence-electron chi connectivity index (χ4n) is 2.59. The molecule has 1 aromatic heterocycles. The smallest absolute Gasteiger partial charge is 0.293 e. The van der Waals surface area contributed by atoms with Gasteiger partial charge >= 0.3 is 0 Å². The molecule has 2 N–H and O–H groups in total. The molecule has 1 aromatic carbocycles. The molecule has 0 amide bonds. The molecule has 112 valence electrons. The number of anilines is 1. The van der Waals surface area contributed by atoms with Crippen LogP contribution in [0.25, 0.3) is 10.2 Å². The van der Waals surface area contributed by atoms with E-state index in [0.29, 0.717) is 12.2 Å². The summed E-state index contributed by atoms with van der Waals surface area (Å²) in [7, 11) is 1.65. The summed E-state index contributed by atoms with van der Waals surface area (Å²) in [5.41, 5.74) is 1.35. The number of rotatable bonds is 4. The number of benzene rings is 1. The molecule has 0 saturated carbocycles. The summed E-state index contributed by atoms with van der Waals surface area (Å²) >= 11 is 1.46. The number of nitrogens with one attached hydrogen (secondary N) is 2. The minimum Gasteiger partial charge on any atom is -0.378 e. The molecule has 1 fully saturated rings. The minimum atomic E-state index is -0.360. The summed E-state index contributed by atoms with van der Waals surface area (Å²) in [6.45, 7) is 3.34. The molecule has 3 rings (SSSR count). The third kappa shape index (κ3) is 2.69. The van der Waals surface area contributed by atoms with Crippen molar-refractivity contribution in [2.45, 2.75) is 19.1 Å². The first-order valence-corrected chi connectivity index (χ1v) is 7.45. The lowest BCUT2D eigenvalue weighted by Crippen LogP contribution is -2.33. The van der Waals surface area contributed by atoms with Crippen LogP contribution in [-0.2, 0) is 4.74 Å². The summed E-state index contributed by atoms with van der Waals surface area (Å²) in [5.74, 6) is 0. The molecule has 0 aliphatic carbocycles. The van der Waals surface area contributed by atoms with Crippen LogP contribution in [0.2, 0.25) is 0 Å². The lowest BCUT2D eigenvalue weighted by molar-refractivity contribution is -0.383. The predicted molar refractivity (Wildman–Crippen MR) is 82.1 cm³/mol. The lowest BCUT2D eigenvalue weighted by atomic mass is 10.1. The number of aromatic nitrogens is 1. The molecule has 2 aromatic rings. The van der Waals surface area contributed by atoms with Crippen molar-refractivity contribution in [3.8, 4) is 0 Å². The summed E-state index contributed by atoms with van der Waals surface area (Å²) in [5, 5.41) is 18.6. The zero-order valence-electron chi connectivity index (χ0n) is 11.8. The first-order chi connectivity index (χ1) is 10.1. The van der Waals surface area contributed by atoms with Crippen molar-refractivity contribution in [1.82, 2.24) is 10.3 Å². The Balaban J connectivity index is 1.99. The van der Waals surface area contributed by atoms with Crippen molar-refractivity contribution in [2.24, 2.45) is 0 Å². The second kappa shape index (κ2) is 5.55. The third-order valence-electron chi connectivity index (χ3n) is 3.61. The number of hydrogen-bond acceptors (Lipinski definition) is 7. The quantitative estimate of drug-likeness (QED) is 0.662. The second-order valence-corrected chi connectivity index (χ2v) is 6.25. The van der Waals surface area contributed by atoms with Crippen LogP contribution in [0.3, 0.4) is 0 Å². The van der Waals surface area contributed by atoms with Gasteiger partial charge in [-0.2, -0.15) is 0 Å². The van der Waals surface area contributed by atoms with Crippen LogP contribution in [0.1, 0.15) is 5.01 Å². The molecule has 8 heteroatoms. The molecule has 0 bridgehead atoms. The SMILES string of the molecule is CO[C@H]1CNCC1Nc1cc2nc(C)sc2cc1[N+](=O)[O-]. The fourth-order valence-corrected chi connectivity index (χ4v) is 3.43. The van der Waals surface area contributed by atoms with Crippen LogP contribution in [0.15, 0.2) is 12.1 Å². The average molecular weight is 308 g/mol. The van der Waals surface area contributed by atoms with E-state index in [9.17, 15) is 10.1 Å². The van der Waals surface area contributed by atoms with Gasteiger partial charge in [-0.15, -0.1) is 11.3 Å². The maximum Gasteiger partial charge on any atom is 0.293 e. The monoisotopic (exact) mass is 308 g/mol. The van der Waals surface area contributed by atoms with Crippen molar-refractivity contribution < 1.29 is 9.66 Å². The molecule has 1 aliphatic heterocycles.